The van der Waals surface area contributed by atoms with Crippen LogP contribution in [0.4, 0.5) is 5.69 Å². The molecule has 2 N–H and O–H groups in total. The fourth-order valence-electron chi connectivity index (χ4n) is 3.69. The van der Waals surface area contributed by atoms with Crippen LogP contribution in [0.5, 0.6) is 0 Å². The van der Waals surface area contributed by atoms with E-state index in [0.29, 0.717) is 6.61 Å². The highest BCUT2D eigenvalue weighted by Gasteiger charge is 2.27. The van der Waals surface area contributed by atoms with Crippen LogP contribution in [0.3, 0.4) is 0 Å². The van der Waals surface area contributed by atoms with Crippen molar-refractivity contribution in [3.63, 3.8) is 0 Å². The molecule has 3 aromatic rings. The van der Waals surface area contributed by atoms with Crippen LogP contribution >= 0.6 is 0 Å². The van der Waals surface area contributed by atoms with E-state index in [-0.39, 0.29) is 17.9 Å². The van der Waals surface area contributed by atoms with E-state index in [0.717, 1.165) is 47.4 Å². The van der Waals surface area contributed by atoms with Gasteiger partial charge >= 0.3 is 0 Å². The molecule has 2 aromatic carbocycles. The third-order valence-electron chi connectivity index (χ3n) is 5.27. The lowest BCUT2D eigenvalue weighted by Gasteiger charge is -2.28. The zero-order chi connectivity index (χ0) is 18.8. The molecule has 0 spiro atoms. The van der Waals surface area contributed by atoms with Gasteiger partial charge in [-0.3, -0.25) is 4.79 Å². The molecule has 2 unspecified atom stereocenters. The van der Waals surface area contributed by atoms with Gasteiger partial charge in [0, 0.05) is 18.1 Å². The van der Waals surface area contributed by atoms with Crippen LogP contribution in [0.2, 0.25) is 0 Å². The van der Waals surface area contributed by atoms with E-state index in [1.165, 1.54) is 5.56 Å². The van der Waals surface area contributed by atoms with Crippen molar-refractivity contribution in [1.29, 1.82) is 0 Å². The molecule has 1 aliphatic heterocycles. The van der Waals surface area contributed by atoms with Crippen molar-refractivity contribution in [2.75, 3.05) is 11.9 Å². The minimum absolute atomic E-state index is 0.00456. The number of amides is 1. The molecule has 0 saturated carbocycles. The quantitative estimate of drug-likeness (QED) is 0.707. The number of hydrogen-bond acceptors (Lipinski definition) is 3. The fraction of sp³-hybridized carbons (Fsp3) is 0.364. The molecule has 5 heteroatoms. The monoisotopic (exact) mass is 363 g/mol. The molecule has 0 radical (unpaired) electrons. The Morgan fingerprint density at radius 1 is 1.30 bits per heavy atom. The molecule has 4 rings (SSSR count). The molecule has 0 aliphatic carbocycles. The van der Waals surface area contributed by atoms with Crippen LogP contribution in [0.1, 0.15) is 31.7 Å². The van der Waals surface area contributed by atoms with Gasteiger partial charge in [-0.2, -0.15) is 0 Å². The van der Waals surface area contributed by atoms with Crippen molar-refractivity contribution in [3.8, 4) is 11.4 Å². The van der Waals surface area contributed by atoms with Gasteiger partial charge in [0.1, 0.15) is 5.82 Å². The third kappa shape index (κ3) is 3.74. The number of carbonyl (C=O) groups excluding carboxylic acids is 1. The number of para-hydroxylation sites is 1. The van der Waals surface area contributed by atoms with Crippen LogP contribution in [0, 0.1) is 12.8 Å². The maximum absolute atomic E-state index is 12.8. The highest BCUT2D eigenvalue weighted by Crippen LogP contribution is 2.30. The molecule has 0 bridgehead atoms. The van der Waals surface area contributed by atoms with Gasteiger partial charge in [0.05, 0.1) is 22.8 Å². The first-order valence-corrected chi connectivity index (χ1v) is 9.62. The molecule has 1 fully saturated rings. The lowest BCUT2D eigenvalue weighted by molar-refractivity contribution is -0.124. The zero-order valence-corrected chi connectivity index (χ0v) is 15.8. The number of nitrogens with one attached hydrogen (secondary N) is 2. The first-order chi connectivity index (χ1) is 13.1. The van der Waals surface area contributed by atoms with Crippen molar-refractivity contribution in [2.45, 2.75) is 39.2 Å². The zero-order valence-electron chi connectivity index (χ0n) is 15.8. The molecule has 27 heavy (non-hydrogen) atoms. The van der Waals surface area contributed by atoms with Crippen LogP contribution in [0.15, 0.2) is 42.5 Å². The van der Waals surface area contributed by atoms with Crippen molar-refractivity contribution < 1.29 is 9.53 Å². The Hall–Kier alpha value is -2.66. The minimum atomic E-state index is -0.00456. The highest BCUT2D eigenvalue weighted by molar-refractivity contribution is 5.96. The van der Waals surface area contributed by atoms with Gasteiger partial charge in [0.25, 0.3) is 0 Å². The van der Waals surface area contributed by atoms with Crippen LogP contribution in [-0.4, -0.2) is 28.6 Å². The predicted molar refractivity (Wildman–Crippen MR) is 108 cm³/mol. The summed E-state index contributed by atoms with van der Waals surface area (Å²) in [6, 6.07) is 14.0. The Balaban J connectivity index is 1.60. The number of aryl methyl sites for hydroxylation is 1. The first kappa shape index (κ1) is 17.7. The van der Waals surface area contributed by atoms with Crippen molar-refractivity contribution in [1.82, 2.24) is 9.97 Å². The van der Waals surface area contributed by atoms with Crippen molar-refractivity contribution in [2.24, 2.45) is 5.92 Å². The van der Waals surface area contributed by atoms with Gasteiger partial charge in [-0.15, -0.1) is 0 Å². The lowest BCUT2D eigenvalue weighted by Crippen LogP contribution is -2.33. The van der Waals surface area contributed by atoms with Crippen LogP contribution in [0.25, 0.3) is 22.4 Å². The normalized spacial score (nSPS) is 19.9. The number of hydrogen-bond donors (Lipinski definition) is 2. The number of aromatic nitrogens is 2. The van der Waals surface area contributed by atoms with Crippen molar-refractivity contribution >= 4 is 22.6 Å². The van der Waals surface area contributed by atoms with Gasteiger partial charge in [-0.1, -0.05) is 25.1 Å². The number of nitrogens with zero attached hydrogens (tertiary/aromatic N) is 1. The van der Waals surface area contributed by atoms with E-state index >= 15 is 0 Å². The number of imidazole rings is 1. The van der Waals surface area contributed by atoms with E-state index in [9.17, 15) is 4.79 Å². The second kappa shape index (κ2) is 7.53. The summed E-state index contributed by atoms with van der Waals surface area (Å²) in [4.78, 5) is 20.9. The summed E-state index contributed by atoms with van der Waals surface area (Å²) >= 11 is 0. The summed E-state index contributed by atoms with van der Waals surface area (Å²) in [5.74, 6) is 0.830. The number of aromatic amines is 1. The number of fused-ring (bicyclic) bond motifs is 1. The predicted octanol–water partition coefficient (Wildman–Crippen LogP) is 4.68. The molecule has 5 nitrogen and oxygen atoms in total. The number of anilines is 1. The Morgan fingerprint density at radius 2 is 2.15 bits per heavy atom. The van der Waals surface area contributed by atoms with E-state index < -0.39 is 0 Å². The summed E-state index contributed by atoms with van der Waals surface area (Å²) in [5, 5.41) is 3.12. The second-order valence-corrected chi connectivity index (χ2v) is 7.26. The summed E-state index contributed by atoms with van der Waals surface area (Å²) in [5.41, 5.74) is 4.80. The lowest BCUT2D eigenvalue weighted by atomic mass is 9.93. The van der Waals surface area contributed by atoms with Gasteiger partial charge in [0.15, 0.2) is 0 Å². The molecular formula is C22H25N3O2. The molecule has 140 valence electrons. The smallest absolute Gasteiger partial charge is 0.227 e. The van der Waals surface area contributed by atoms with Crippen molar-refractivity contribution in [3.05, 3.63) is 48.0 Å². The Labute approximate surface area is 159 Å². The Morgan fingerprint density at radius 3 is 3.00 bits per heavy atom. The van der Waals surface area contributed by atoms with E-state index in [1.807, 2.05) is 30.3 Å². The standard InChI is InChI=1S/C22H25N3O2/c1-3-16-13-15(10-11-27-16)22(26)25-18-7-5-4-6-17(18)21-23-19-9-8-14(2)12-20(19)24-21/h4-9,12,15-16H,3,10-11,13H2,1-2H3,(H,23,24)(H,25,26). The number of benzene rings is 2. The third-order valence-corrected chi connectivity index (χ3v) is 5.27. The summed E-state index contributed by atoms with van der Waals surface area (Å²) < 4.78 is 5.70. The maximum Gasteiger partial charge on any atom is 0.227 e. The van der Waals surface area contributed by atoms with E-state index in [4.69, 9.17) is 9.72 Å². The van der Waals surface area contributed by atoms with Gasteiger partial charge < -0.3 is 15.0 Å². The summed E-state index contributed by atoms with van der Waals surface area (Å²) in [6.45, 7) is 4.82. The molecular weight excluding hydrogens is 338 g/mol. The van der Waals surface area contributed by atoms with Gasteiger partial charge in [0.2, 0.25) is 5.91 Å². The van der Waals surface area contributed by atoms with E-state index in [1.54, 1.807) is 0 Å². The molecule has 1 aliphatic rings. The average Bonchev–Trinajstić information content (AvgIpc) is 3.11. The first-order valence-electron chi connectivity index (χ1n) is 9.62. The maximum atomic E-state index is 12.8. The summed E-state index contributed by atoms with van der Waals surface area (Å²) in [6.07, 6.45) is 2.69. The molecule has 1 amide bonds. The van der Waals surface area contributed by atoms with Gasteiger partial charge in [-0.25, -0.2) is 4.98 Å². The molecule has 2 heterocycles. The van der Waals surface area contributed by atoms with E-state index in [2.05, 4.69) is 36.3 Å². The second-order valence-electron chi connectivity index (χ2n) is 7.26. The largest absolute Gasteiger partial charge is 0.378 e. The average molecular weight is 363 g/mol. The molecule has 2 atom stereocenters. The molecule has 1 saturated heterocycles. The van der Waals surface area contributed by atoms with Gasteiger partial charge in [-0.05, 0) is 56.0 Å². The Kier molecular flexibility index (Phi) is 4.94. The topological polar surface area (TPSA) is 67.0 Å². The number of H-pyrrole nitrogens is 1. The number of carbonyl (C=O) groups is 1. The number of rotatable bonds is 4. The Bertz CT molecular complexity index is 963. The van der Waals surface area contributed by atoms with Crippen LogP contribution in [-0.2, 0) is 9.53 Å². The SMILES string of the molecule is CCC1CC(C(=O)Nc2ccccc2-c2nc3ccc(C)cc3[nH]2)CCO1. The summed E-state index contributed by atoms with van der Waals surface area (Å²) in [7, 11) is 0. The highest BCUT2D eigenvalue weighted by atomic mass is 16.5. The van der Waals surface area contributed by atoms with Crippen LogP contribution < -0.4 is 5.32 Å². The number of ether oxygens (including phenoxy) is 1. The fourth-order valence-corrected chi connectivity index (χ4v) is 3.69. The molecule has 1 aromatic heterocycles. The minimum Gasteiger partial charge on any atom is -0.378 e.